The maximum Gasteiger partial charge on any atom is 0.341 e. The lowest BCUT2D eigenvalue weighted by molar-refractivity contribution is 0.0682. The van der Waals surface area contributed by atoms with Gasteiger partial charge in [-0.25, -0.2) is 26.7 Å². The standard InChI is InChI=1S/C7HF5O2.C5H12O4S/c8-2-1(7(13)14)3(9)5(11)6(12)4(2)10;1-10(7,8)9-5-3-2-4-6/h(H,13,14);6H,2-5H2,1H3. The molecule has 0 amide bonds. The number of rotatable bonds is 6. The van der Waals surface area contributed by atoms with Crippen LogP contribution in [-0.2, 0) is 14.3 Å². The van der Waals surface area contributed by atoms with Gasteiger partial charge < -0.3 is 10.2 Å². The highest BCUT2D eigenvalue weighted by molar-refractivity contribution is 7.85. The third kappa shape index (κ3) is 6.76. The van der Waals surface area contributed by atoms with Crippen molar-refractivity contribution >= 4 is 16.1 Å². The van der Waals surface area contributed by atoms with Crippen molar-refractivity contribution in [1.82, 2.24) is 0 Å². The maximum atomic E-state index is 12.6. The molecule has 0 atom stereocenters. The molecule has 1 aromatic carbocycles. The van der Waals surface area contributed by atoms with Crippen LogP contribution in [0.1, 0.15) is 23.2 Å². The largest absolute Gasteiger partial charge is 0.477 e. The Balaban J connectivity index is 0.000000470. The molecule has 0 saturated heterocycles. The van der Waals surface area contributed by atoms with Gasteiger partial charge in [0.2, 0.25) is 5.82 Å². The van der Waals surface area contributed by atoms with Crippen LogP contribution in [-0.4, -0.2) is 44.1 Å². The second-order valence-corrected chi connectivity index (χ2v) is 5.85. The third-order valence-electron chi connectivity index (χ3n) is 2.27. The topological polar surface area (TPSA) is 101 Å². The van der Waals surface area contributed by atoms with E-state index in [-0.39, 0.29) is 13.2 Å². The van der Waals surface area contributed by atoms with Crippen LogP contribution in [0.2, 0.25) is 0 Å². The molecule has 1 rings (SSSR count). The molecule has 0 spiro atoms. The van der Waals surface area contributed by atoms with Gasteiger partial charge in [0.25, 0.3) is 10.1 Å². The predicted octanol–water partition coefficient (Wildman–Crippen LogP) is 1.82. The lowest BCUT2D eigenvalue weighted by Crippen LogP contribution is -2.11. The van der Waals surface area contributed by atoms with E-state index in [0.717, 1.165) is 6.26 Å². The summed E-state index contributed by atoms with van der Waals surface area (Å²) in [4.78, 5) is 10.1. The van der Waals surface area contributed by atoms with Gasteiger partial charge in [0.1, 0.15) is 5.56 Å². The van der Waals surface area contributed by atoms with Gasteiger partial charge in [0.15, 0.2) is 23.3 Å². The smallest absolute Gasteiger partial charge is 0.341 e. The summed E-state index contributed by atoms with van der Waals surface area (Å²) in [5.74, 6) is -13.9. The van der Waals surface area contributed by atoms with Gasteiger partial charge in [0, 0.05) is 6.61 Å². The number of aromatic carboxylic acids is 1. The minimum absolute atomic E-state index is 0.0765. The summed E-state index contributed by atoms with van der Waals surface area (Å²) in [7, 11) is -3.29. The predicted molar refractivity (Wildman–Crippen MR) is 70.3 cm³/mol. The lowest BCUT2D eigenvalue weighted by Gasteiger charge is -2.03. The number of halogens is 5. The molecule has 0 saturated carbocycles. The fourth-order valence-electron chi connectivity index (χ4n) is 1.22. The summed E-state index contributed by atoms with van der Waals surface area (Å²) < 4.78 is 87.1. The van der Waals surface area contributed by atoms with Crippen molar-refractivity contribution in [2.75, 3.05) is 19.5 Å². The van der Waals surface area contributed by atoms with E-state index in [0.29, 0.717) is 12.8 Å². The van der Waals surface area contributed by atoms with Gasteiger partial charge in [-0.1, -0.05) is 0 Å². The number of hydrogen-bond acceptors (Lipinski definition) is 5. The molecular weight excluding hydrogens is 367 g/mol. The van der Waals surface area contributed by atoms with Crippen LogP contribution in [0.3, 0.4) is 0 Å². The Hall–Kier alpha value is -1.79. The number of hydrogen-bond donors (Lipinski definition) is 2. The monoisotopic (exact) mass is 380 g/mol. The zero-order chi connectivity index (χ0) is 19.1. The van der Waals surface area contributed by atoms with E-state index >= 15 is 0 Å². The van der Waals surface area contributed by atoms with Crippen molar-refractivity contribution in [3.63, 3.8) is 0 Å². The molecule has 0 bridgehead atoms. The zero-order valence-electron chi connectivity index (χ0n) is 12.2. The summed E-state index contributed by atoms with van der Waals surface area (Å²) in [5.41, 5.74) is -1.86. The van der Waals surface area contributed by atoms with E-state index in [9.17, 15) is 35.2 Å². The summed E-state index contributed by atoms with van der Waals surface area (Å²) in [6.07, 6.45) is 2.16. The van der Waals surface area contributed by atoms with E-state index in [1.807, 2.05) is 0 Å². The fraction of sp³-hybridized carbons (Fsp3) is 0.417. The number of aliphatic hydroxyl groups excluding tert-OH is 1. The maximum absolute atomic E-state index is 12.6. The molecule has 12 heteroatoms. The number of benzene rings is 1. The van der Waals surface area contributed by atoms with Crippen LogP contribution in [0.4, 0.5) is 22.0 Å². The van der Waals surface area contributed by atoms with Crippen LogP contribution in [0.5, 0.6) is 0 Å². The number of unbranched alkanes of at least 4 members (excludes halogenated alkanes) is 1. The second-order valence-electron chi connectivity index (χ2n) is 4.21. The first-order valence-corrected chi connectivity index (χ1v) is 7.95. The number of carbonyl (C=O) groups is 1. The fourth-order valence-corrected chi connectivity index (χ4v) is 1.64. The van der Waals surface area contributed by atoms with Gasteiger partial charge in [-0.3, -0.25) is 4.18 Å². The van der Waals surface area contributed by atoms with Gasteiger partial charge in [0.05, 0.1) is 12.9 Å². The first-order chi connectivity index (χ1) is 10.9. The lowest BCUT2D eigenvalue weighted by atomic mass is 10.1. The van der Waals surface area contributed by atoms with Crippen molar-refractivity contribution in [3.8, 4) is 0 Å². The van der Waals surface area contributed by atoms with Gasteiger partial charge in [-0.2, -0.15) is 8.42 Å². The molecule has 0 fully saturated rings. The van der Waals surface area contributed by atoms with Crippen molar-refractivity contribution < 1.29 is 49.6 Å². The SMILES string of the molecule is CS(=O)(=O)OCCCCO.O=C(O)c1c(F)c(F)c(F)c(F)c1F. The van der Waals surface area contributed by atoms with Crippen LogP contribution >= 0.6 is 0 Å². The average Bonchev–Trinajstić information content (AvgIpc) is 2.47. The van der Waals surface area contributed by atoms with Crippen LogP contribution in [0, 0.1) is 29.1 Å². The number of carboxylic acid groups (broad SMARTS) is 1. The van der Waals surface area contributed by atoms with Crippen molar-refractivity contribution in [3.05, 3.63) is 34.6 Å². The van der Waals surface area contributed by atoms with Gasteiger partial charge >= 0.3 is 5.97 Å². The number of carboxylic acids is 1. The quantitative estimate of drug-likeness (QED) is 0.257. The minimum atomic E-state index is -3.29. The van der Waals surface area contributed by atoms with Crippen LogP contribution in [0.25, 0.3) is 0 Å². The molecule has 138 valence electrons. The van der Waals surface area contributed by atoms with Gasteiger partial charge in [-0.15, -0.1) is 0 Å². The summed E-state index contributed by atoms with van der Waals surface area (Å²) in [6, 6.07) is 0. The first kappa shape index (κ1) is 22.2. The summed E-state index contributed by atoms with van der Waals surface area (Å²) in [6.45, 7) is 0.243. The van der Waals surface area contributed by atoms with E-state index in [2.05, 4.69) is 4.18 Å². The normalized spacial score (nSPS) is 11.0. The van der Waals surface area contributed by atoms with E-state index in [4.69, 9.17) is 10.2 Å². The highest BCUT2D eigenvalue weighted by Gasteiger charge is 2.29. The molecule has 0 aliphatic heterocycles. The van der Waals surface area contributed by atoms with E-state index in [1.165, 1.54) is 0 Å². The Morgan fingerprint density at radius 3 is 1.71 bits per heavy atom. The Morgan fingerprint density at radius 2 is 1.38 bits per heavy atom. The Morgan fingerprint density at radius 1 is 0.958 bits per heavy atom. The number of aliphatic hydroxyl groups is 1. The van der Waals surface area contributed by atoms with Crippen molar-refractivity contribution in [2.24, 2.45) is 0 Å². The highest BCUT2D eigenvalue weighted by Crippen LogP contribution is 2.22. The molecule has 24 heavy (non-hydrogen) atoms. The molecule has 0 aromatic heterocycles. The van der Waals surface area contributed by atoms with Crippen molar-refractivity contribution in [1.29, 1.82) is 0 Å². The van der Waals surface area contributed by atoms with Crippen LogP contribution < -0.4 is 0 Å². The summed E-state index contributed by atoms with van der Waals surface area (Å²) in [5, 5.41) is 16.4. The Labute approximate surface area is 133 Å². The molecule has 6 nitrogen and oxygen atoms in total. The van der Waals surface area contributed by atoms with E-state index < -0.39 is 50.7 Å². The van der Waals surface area contributed by atoms with Crippen LogP contribution in [0.15, 0.2) is 0 Å². The van der Waals surface area contributed by atoms with Gasteiger partial charge in [-0.05, 0) is 12.8 Å². The molecule has 0 aliphatic carbocycles. The zero-order valence-corrected chi connectivity index (χ0v) is 13.0. The Bertz CT molecular complexity index is 663. The highest BCUT2D eigenvalue weighted by atomic mass is 32.2. The molecule has 0 heterocycles. The summed E-state index contributed by atoms with van der Waals surface area (Å²) >= 11 is 0. The average molecular weight is 380 g/mol. The molecule has 2 N–H and O–H groups in total. The second kappa shape index (κ2) is 9.49. The molecular formula is C12H13F5O6S. The minimum Gasteiger partial charge on any atom is -0.477 e. The Kier molecular flexibility index (Phi) is 8.78. The van der Waals surface area contributed by atoms with E-state index in [1.54, 1.807) is 0 Å². The molecule has 1 aromatic rings. The van der Waals surface area contributed by atoms with Crippen molar-refractivity contribution in [2.45, 2.75) is 12.8 Å². The molecule has 0 unspecified atom stereocenters. The third-order valence-corrected chi connectivity index (χ3v) is 2.87. The molecule has 0 radical (unpaired) electrons. The first-order valence-electron chi connectivity index (χ1n) is 6.14. The molecule has 0 aliphatic rings.